The number of hydrogen-bond acceptors (Lipinski definition) is 4. The molecule has 1 aromatic rings. The van der Waals surface area contributed by atoms with Gasteiger partial charge in [0.1, 0.15) is 11.3 Å². The van der Waals surface area contributed by atoms with Crippen LogP contribution in [0.3, 0.4) is 0 Å². The molecule has 23 heavy (non-hydrogen) atoms. The van der Waals surface area contributed by atoms with Gasteiger partial charge in [-0.05, 0) is 31.0 Å². The maximum atomic E-state index is 12.5. The zero-order valence-corrected chi connectivity index (χ0v) is 13.9. The number of carbonyl (C=O) groups is 2. The molecule has 0 saturated carbocycles. The van der Waals surface area contributed by atoms with Crippen LogP contribution in [-0.2, 0) is 20.9 Å². The monoisotopic (exact) mass is 320 g/mol. The molecule has 2 amide bonds. The van der Waals surface area contributed by atoms with E-state index in [1.54, 1.807) is 19.1 Å². The number of nitrogens with one attached hydrogen (secondary N) is 1. The van der Waals surface area contributed by atoms with Crippen molar-refractivity contribution in [2.45, 2.75) is 31.8 Å². The van der Waals surface area contributed by atoms with Crippen molar-refractivity contribution in [1.82, 2.24) is 10.2 Å². The van der Waals surface area contributed by atoms with Crippen LogP contribution in [0.1, 0.15) is 25.3 Å². The van der Waals surface area contributed by atoms with Gasteiger partial charge in [0, 0.05) is 26.6 Å². The van der Waals surface area contributed by atoms with E-state index in [2.05, 4.69) is 5.32 Å². The highest BCUT2D eigenvalue weighted by molar-refractivity contribution is 5.94. The Balaban J connectivity index is 2.09. The molecule has 1 fully saturated rings. The molecule has 1 aliphatic rings. The summed E-state index contributed by atoms with van der Waals surface area (Å²) in [6.45, 7) is 3.13. The van der Waals surface area contributed by atoms with Gasteiger partial charge in [-0.2, -0.15) is 0 Å². The van der Waals surface area contributed by atoms with Gasteiger partial charge < -0.3 is 19.7 Å². The van der Waals surface area contributed by atoms with Gasteiger partial charge in [-0.15, -0.1) is 0 Å². The summed E-state index contributed by atoms with van der Waals surface area (Å²) in [5, 5.41) is 2.84. The van der Waals surface area contributed by atoms with E-state index < -0.39 is 5.54 Å². The predicted molar refractivity (Wildman–Crippen MR) is 86.1 cm³/mol. The fourth-order valence-corrected chi connectivity index (χ4v) is 2.76. The highest BCUT2D eigenvalue weighted by atomic mass is 16.5. The van der Waals surface area contributed by atoms with Gasteiger partial charge in [0.05, 0.1) is 13.7 Å². The molecule has 1 saturated heterocycles. The average Bonchev–Trinajstić information content (AvgIpc) is 2.85. The average molecular weight is 320 g/mol. The second-order valence-electron chi connectivity index (χ2n) is 5.85. The summed E-state index contributed by atoms with van der Waals surface area (Å²) in [5.41, 5.74) is 0.155. The molecule has 0 aromatic heterocycles. The minimum atomic E-state index is -0.815. The maximum Gasteiger partial charge on any atom is 0.245 e. The van der Waals surface area contributed by atoms with Gasteiger partial charge >= 0.3 is 0 Å². The third-order valence-corrected chi connectivity index (χ3v) is 4.30. The normalized spacial score (nSPS) is 20.7. The third kappa shape index (κ3) is 3.82. The van der Waals surface area contributed by atoms with Crippen molar-refractivity contribution in [2.75, 3.05) is 27.4 Å². The van der Waals surface area contributed by atoms with Crippen LogP contribution in [0.2, 0.25) is 0 Å². The van der Waals surface area contributed by atoms with E-state index in [1.165, 1.54) is 0 Å². The Labute approximate surface area is 136 Å². The Bertz CT molecular complexity index is 558. The highest BCUT2D eigenvalue weighted by Crippen LogP contribution is 2.32. The van der Waals surface area contributed by atoms with Gasteiger partial charge in [0.25, 0.3) is 0 Å². The van der Waals surface area contributed by atoms with Crippen LogP contribution < -0.4 is 10.1 Å². The van der Waals surface area contributed by atoms with E-state index >= 15 is 0 Å². The molecule has 126 valence electrons. The van der Waals surface area contributed by atoms with E-state index in [9.17, 15) is 9.59 Å². The van der Waals surface area contributed by atoms with E-state index in [0.29, 0.717) is 32.5 Å². The Kier molecular flexibility index (Phi) is 5.60. The van der Waals surface area contributed by atoms with Crippen molar-refractivity contribution >= 4 is 11.8 Å². The minimum absolute atomic E-state index is 0.00482. The van der Waals surface area contributed by atoms with Crippen molar-refractivity contribution in [3.05, 3.63) is 29.8 Å². The van der Waals surface area contributed by atoms with Gasteiger partial charge in [0.2, 0.25) is 11.8 Å². The molecule has 0 spiro atoms. The lowest BCUT2D eigenvalue weighted by atomic mass is 9.97. The summed E-state index contributed by atoms with van der Waals surface area (Å²) in [7, 11) is 3.20. The molecule has 1 heterocycles. The number of benzene rings is 1. The van der Waals surface area contributed by atoms with Crippen molar-refractivity contribution in [1.29, 1.82) is 0 Å². The zero-order chi connectivity index (χ0) is 16.9. The van der Waals surface area contributed by atoms with Crippen LogP contribution >= 0.6 is 0 Å². The summed E-state index contributed by atoms with van der Waals surface area (Å²) in [6, 6.07) is 7.53. The largest absolute Gasteiger partial charge is 0.497 e. The molecule has 6 heteroatoms. The Morgan fingerprint density at radius 2 is 2.00 bits per heavy atom. The quantitative estimate of drug-likeness (QED) is 0.770. The van der Waals surface area contributed by atoms with Gasteiger partial charge in [-0.3, -0.25) is 9.59 Å². The summed E-state index contributed by atoms with van der Waals surface area (Å²) in [5.74, 6) is 0.640. The summed E-state index contributed by atoms with van der Waals surface area (Å²) < 4.78 is 10.1. The van der Waals surface area contributed by atoms with Crippen LogP contribution in [0.15, 0.2) is 24.3 Å². The van der Waals surface area contributed by atoms with Crippen LogP contribution in [0.4, 0.5) is 0 Å². The lowest BCUT2D eigenvalue weighted by Crippen LogP contribution is -2.54. The molecule has 6 nitrogen and oxygen atoms in total. The SMILES string of the molecule is COCCNC(=O)[C@]1(C)CCC(=O)N1Cc1ccc(OC)cc1. The first-order valence-electron chi connectivity index (χ1n) is 7.72. The maximum absolute atomic E-state index is 12.5. The van der Waals surface area contributed by atoms with Crippen molar-refractivity contribution < 1.29 is 19.1 Å². The third-order valence-electron chi connectivity index (χ3n) is 4.30. The molecule has 0 aliphatic carbocycles. The van der Waals surface area contributed by atoms with Crippen LogP contribution in [0.5, 0.6) is 5.75 Å². The number of likely N-dealkylation sites (tertiary alicyclic amines) is 1. The number of carbonyl (C=O) groups excluding carboxylic acids is 2. The van der Waals surface area contributed by atoms with Gasteiger partial charge in [0.15, 0.2) is 0 Å². The number of hydrogen-bond donors (Lipinski definition) is 1. The fourth-order valence-electron chi connectivity index (χ4n) is 2.76. The van der Waals surface area contributed by atoms with Crippen LogP contribution in [-0.4, -0.2) is 49.6 Å². The summed E-state index contributed by atoms with van der Waals surface area (Å²) in [6.07, 6.45) is 0.922. The zero-order valence-electron chi connectivity index (χ0n) is 13.9. The standard InChI is InChI=1S/C17H24N2O4/c1-17(16(21)18-10-11-22-2)9-8-15(20)19(17)12-13-4-6-14(23-3)7-5-13/h4-7H,8-12H2,1-3H3,(H,18,21)/t17-/m0/s1. The van der Waals surface area contributed by atoms with Crippen LogP contribution in [0.25, 0.3) is 0 Å². The smallest absolute Gasteiger partial charge is 0.245 e. The number of ether oxygens (including phenoxy) is 2. The fraction of sp³-hybridized carbons (Fsp3) is 0.529. The molecule has 0 bridgehead atoms. The molecule has 0 radical (unpaired) electrons. The Morgan fingerprint density at radius 3 is 2.61 bits per heavy atom. The minimum Gasteiger partial charge on any atom is -0.497 e. The molecule has 1 aliphatic heterocycles. The predicted octanol–water partition coefficient (Wildman–Crippen LogP) is 1.34. The summed E-state index contributed by atoms with van der Waals surface area (Å²) >= 11 is 0. The van der Waals surface area contributed by atoms with Gasteiger partial charge in [-0.1, -0.05) is 12.1 Å². The molecular weight excluding hydrogens is 296 g/mol. The van der Waals surface area contributed by atoms with E-state index in [4.69, 9.17) is 9.47 Å². The van der Waals surface area contributed by atoms with Crippen LogP contribution in [0, 0.1) is 0 Å². The summed E-state index contributed by atoms with van der Waals surface area (Å²) in [4.78, 5) is 26.4. The molecular formula is C17H24N2O4. The first kappa shape index (κ1) is 17.3. The number of rotatable bonds is 7. The molecule has 1 atom stereocenters. The molecule has 1 N–H and O–H groups in total. The van der Waals surface area contributed by atoms with E-state index in [0.717, 1.165) is 11.3 Å². The first-order chi connectivity index (χ1) is 11.0. The topological polar surface area (TPSA) is 67.9 Å². The number of methoxy groups -OCH3 is 2. The second-order valence-corrected chi connectivity index (χ2v) is 5.85. The van der Waals surface area contributed by atoms with Crippen molar-refractivity contribution in [2.24, 2.45) is 0 Å². The van der Waals surface area contributed by atoms with Crippen molar-refractivity contribution in [3.63, 3.8) is 0 Å². The highest BCUT2D eigenvalue weighted by Gasteiger charge is 2.46. The second kappa shape index (κ2) is 7.46. The molecule has 0 unspecified atom stereocenters. The van der Waals surface area contributed by atoms with E-state index in [1.807, 2.05) is 31.2 Å². The number of nitrogens with zero attached hydrogens (tertiary/aromatic N) is 1. The van der Waals surface area contributed by atoms with E-state index in [-0.39, 0.29) is 11.8 Å². The first-order valence-corrected chi connectivity index (χ1v) is 7.72. The van der Waals surface area contributed by atoms with Gasteiger partial charge in [-0.25, -0.2) is 0 Å². The van der Waals surface area contributed by atoms with Crippen molar-refractivity contribution in [3.8, 4) is 5.75 Å². The lowest BCUT2D eigenvalue weighted by molar-refractivity contribution is -0.141. The Morgan fingerprint density at radius 1 is 1.30 bits per heavy atom. The molecule has 2 rings (SSSR count). The Hall–Kier alpha value is -2.08. The lowest BCUT2D eigenvalue weighted by Gasteiger charge is -2.34. The number of amides is 2. The molecule has 1 aromatic carbocycles.